The molecule has 1 aromatic carbocycles. The number of alkyl halides is 2. The van der Waals surface area contributed by atoms with E-state index >= 15 is 0 Å². The number of anilines is 1. The minimum atomic E-state index is -2.65. The Balaban J connectivity index is 1.60. The molecule has 0 spiro atoms. The number of hydrogen-bond acceptors (Lipinski definition) is 6. The highest BCUT2D eigenvalue weighted by atomic mass is 32.1. The lowest BCUT2D eigenvalue weighted by Gasteiger charge is -2.28. The maximum absolute atomic E-state index is 13.2. The first-order chi connectivity index (χ1) is 20.6. The van der Waals surface area contributed by atoms with Gasteiger partial charge in [0.15, 0.2) is 0 Å². The number of imidazole rings is 1. The number of hydrogen-bond donors (Lipinski definition) is 2. The Morgan fingerprint density at radius 2 is 1.91 bits per heavy atom. The molecule has 1 fully saturated rings. The summed E-state index contributed by atoms with van der Waals surface area (Å²) in [4.78, 5) is 32.7. The van der Waals surface area contributed by atoms with Crippen molar-refractivity contribution < 1.29 is 18.4 Å². The van der Waals surface area contributed by atoms with E-state index in [1.807, 2.05) is 43.5 Å². The zero-order chi connectivity index (χ0) is 32.4. The summed E-state index contributed by atoms with van der Waals surface area (Å²) in [5, 5.41) is 16.0. The molecule has 8 nitrogen and oxygen atoms in total. The molecule has 44 heavy (non-hydrogen) atoms. The number of nitrogens with zero attached hydrogens (tertiary/aromatic N) is 4. The van der Waals surface area contributed by atoms with Crippen LogP contribution in [0.15, 0.2) is 42.0 Å². The van der Waals surface area contributed by atoms with Crippen molar-refractivity contribution in [2.75, 3.05) is 18.4 Å². The fourth-order valence-electron chi connectivity index (χ4n) is 5.07. The van der Waals surface area contributed by atoms with Crippen molar-refractivity contribution in [3.63, 3.8) is 0 Å². The number of allylic oxidation sites excluding steroid dienone is 1. The number of thiophene rings is 1. The van der Waals surface area contributed by atoms with Crippen molar-refractivity contribution in [2.45, 2.75) is 80.4 Å². The maximum atomic E-state index is 13.2. The molecule has 236 valence electrons. The highest BCUT2D eigenvalue weighted by molar-refractivity contribution is 7.14. The van der Waals surface area contributed by atoms with Crippen LogP contribution in [0.1, 0.15) is 81.4 Å². The molecular formula is C33H42F2N6O2S. The molecule has 2 amide bonds. The first-order valence-electron chi connectivity index (χ1n) is 14.9. The molecule has 3 heterocycles. The van der Waals surface area contributed by atoms with E-state index in [1.54, 1.807) is 11.0 Å². The van der Waals surface area contributed by atoms with Gasteiger partial charge in [0, 0.05) is 32.2 Å². The van der Waals surface area contributed by atoms with Gasteiger partial charge in [-0.1, -0.05) is 53.7 Å². The Morgan fingerprint density at radius 1 is 1.18 bits per heavy atom. The average molecular weight is 625 g/mol. The molecule has 4 rings (SSSR count). The van der Waals surface area contributed by atoms with Crippen LogP contribution in [0, 0.1) is 28.1 Å². The lowest BCUT2D eigenvalue weighted by molar-refractivity contribution is -0.125. The third-order valence-electron chi connectivity index (χ3n) is 7.96. The fraction of sp³-hybridized carbons (Fsp3) is 0.515. The summed E-state index contributed by atoms with van der Waals surface area (Å²) in [6.45, 7) is 16.7. The summed E-state index contributed by atoms with van der Waals surface area (Å²) in [5.74, 6) is -0.403. The van der Waals surface area contributed by atoms with Gasteiger partial charge in [0.25, 0.3) is 18.2 Å². The van der Waals surface area contributed by atoms with Crippen LogP contribution in [0.2, 0.25) is 0 Å². The summed E-state index contributed by atoms with van der Waals surface area (Å²) in [7, 11) is 0. The first kappa shape index (κ1) is 33.3. The number of nitrogens with one attached hydrogen (secondary N) is 2. The molecule has 2 aromatic heterocycles. The van der Waals surface area contributed by atoms with E-state index < -0.39 is 12.3 Å². The topological polar surface area (TPSA) is 103 Å². The summed E-state index contributed by atoms with van der Waals surface area (Å²) < 4.78 is 28.3. The van der Waals surface area contributed by atoms with Gasteiger partial charge >= 0.3 is 0 Å². The second kappa shape index (κ2) is 13.2. The van der Waals surface area contributed by atoms with Gasteiger partial charge in [0.1, 0.15) is 11.6 Å². The van der Waals surface area contributed by atoms with Gasteiger partial charge in [0.05, 0.1) is 20.8 Å². The second-order valence-corrected chi connectivity index (χ2v) is 14.9. The predicted octanol–water partition coefficient (Wildman–Crippen LogP) is 7.16. The Hall–Kier alpha value is -3.62. The number of halogens is 2. The van der Waals surface area contributed by atoms with E-state index in [1.165, 1.54) is 12.1 Å². The van der Waals surface area contributed by atoms with Gasteiger partial charge in [-0.2, -0.15) is 5.26 Å². The molecule has 0 radical (unpaired) electrons. The van der Waals surface area contributed by atoms with Gasteiger partial charge in [-0.05, 0) is 59.9 Å². The Morgan fingerprint density at radius 3 is 2.52 bits per heavy atom. The fourth-order valence-corrected chi connectivity index (χ4v) is 5.83. The first-order valence-corrected chi connectivity index (χ1v) is 15.7. The normalized spacial score (nSPS) is 16.9. The molecule has 1 aliphatic heterocycles. The molecule has 0 bridgehead atoms. The van der Waals surface area contributed by atoms with E-state index in [0.717, 1.165) is 28.8 Å². The van der Waals surface area contributed by atoms with E-state index in [0.29, 0.717) is 37.6 Å². The number of nitriles is 1. The van der Waals surface area contributed by atoms with Crippen LogP contribution in [0.4, 0.5) is 14.7 Å². The summed E-state index contributed by atoms with van der Waals surface area (Å²) >= 11 is 0.756. The summed E-state index contributed by atoms with van der Waals surface area (Å²) in [6.07, 6.45) is -0.215. The number of carbonyl (C=O) groups is 2. The quantitative estimate of drug-likeness (QED) is 0.194. The Kier molecular flexibility index (Phi) is 9.96. The van der Waals surface area contributed by atoms with Crippen LogP contribution in [-0.2, 0) is 17.9 Å². The van der Waals surface area contributed by atoms with Crippen molar-refractivity contribution in [2.24, 2.45) is 16.7 Å². The van der Waals surface area contributed by atoms with Crippen LogP contribution in [0.5, 0.6) is 0 Å². The number of benzene rings is 1. The smallest absolute Gasteiger partial charge is 0.272 e. The lowest BCUT2D eigenvalue weighted by Crippen LogP contribution is -2.37. The van der Waals surface area contributed by atoms with Crippen molar-refractivity contribution in [1.82, 2.24) is 19.8 Å². The van der Waals surface area contributed by atoms with Gasteiger partial charge < -0.3 is 14.8 Å². The zero-order valence-electron chi connectivity index (χ0n) is 26.5. The van der Waals surface area contributed by atoms with Crippen molar-refractivity contribution >= 4 is 40.1 Å². The Labute approximate surface area is 262 Å². The molecule has 1 saturated heterocycles. The summed E-state index contributed by atoms with van der Waals surface area (Å²) in [6, 6.07) is 11.0. The molecule has 0 aliphatic carbocycles. The van der Waals surface area contributed by atoms with E-state index in [-0.39, 0.29) is 44.0 Å². The molecule has 2 N–H and O–H groups in total. The van der Waals surface area contributed by atoms with Gasteiger partial charge in [-0.3, -0.25) is 14.9 Å². The monoisotopic (exact) mass is 624 g/mol. The number of amides is 2. The number of fused-ring (bicyclic) bond motifs is 1. The van der Waals surface area contributed by atoms with E-state index in [9.17, 15) is 23.6 Å². The standard InChI is InChI=1S/C33H42F2N6O2S/c1-20(33(5,6)7)37-17-21-8-9-25-24(14-21)38-31(39-29(42)27-11-10-26(44-27)28(34)35)41(25)19-22-12-13-40(18-22)30(43)23(16-36)15-32(2,3)4/h8-11,14-15,20,22,28,37H,12-13,17-19H2,1-7H3,(H,38,39,42)/t20-,22-/m0/s1. The van der Waals surface area contributed by atoms with Crippen LogP contribution in [-0.4, -0.2) is 45.4 Å². The molecule has 0 unspecified atom stereocenters. The third kappa shape index (κ3) is 8.10. The molecule has 1 aliphatic rings. The SMILES string of the molecule is C[C@H](NCc1ccc2c(c1)nc(NC(=O)c1ccc(C(F)F)s1)n2C[C@H]1CCN(C(=O)C(C#N)=CC(C)(C)C)C1)C(C)(C)C. The van der Waals surface area contributed by atoms with Crippen LogP contribution in [0.25, 0.3) is 11.0 Å². The predicted molar refractivity (Wildman–Crippen MR) is 171 cm³/mol. The number of carbonyl (C=O) groups excluding carboxylic acids is 2. The zero-order valence-corrected chi connectivity index (χ0v) is 27.3. The van der Waals surface area contributed by atoms with E-state index in [4.69, 9.17) is 4.98 Å². The second-order valence-electron chi connectivity index (χ2n) is 13.7. The van der Waals surface area contributed by atoms with Gasteiger partial charge in [0.2, 0.25) is 5.95 Å². The highest BCUT2D eigenvalue weighted by Gasteiger charge is 2.30. The minimum absolute atomic E-state index is 0.0581. The van der Waals surface area contributed by atoms with E-state index in [2.05, 4.69) is 44.4 Å². The highest BCUT2D eigenvalue weighted by Crippen LogP contribution is 2.30. The third-order valence-corrected chi connectivity index (χ3v) is 9.05. The minimum Gasteiger partial charge on any atom is -0.338 e. The van der Waals surface area contributed by atoms with Crippen LogP contribution in [0.3, 0.4) is 0 Å². The molecule has 2 atom stereocenters. The largest absolute Gasteiger partial charge is 0.338 e. The number of rotatable bonds is 9. The van der Waals surface area contributed by atoms with Gasteiger partial charge in [-0.15, -0.1) is 11.3 Å². The molecular weight excluding hydrogens is 582 g/mol. The van der Waals surface area contributed by atoms with Crippen molar-refractivity contribution in [3.8, 4) is 6.07 Å². The molecule has 0 saturated carbocycles. The number of aromatic nitrogens is 2. The Bertz CT molecular complexity index is 1590. The number of likely N-dealkylation sites (tertiary alicyclic amines) is 1. The molecule has 11 heteroatoms. The summed E-state index contributed by atoms with van der Waals surface area (Å²) in [5.41, 5.74) is 2.50. The van der Waals surface area contributed by atoms with Crippen molar-refractivity contribution in [3.05, 3.63) is 57.3 Å². The average Bonchev–Trinajstić information content (AvgIpc) is 3.68. The maximum Gasteiger partial charge on any atom is 0.272 e. The van der Waals surface area contributed by atoms with Crippen molar-refractivity contribution in [1.29, 1.82) is 5.26 Å². The van der Waals surface area contributed by atoms with Gasteiger partial charge in [-0.25, -0.2) is 13.8 Å². The lowest BCUT2D eigenvalue weighted by atomic mass is 9.88. The van der Waals surface area contributed by atoms with Crippen LogP contribution < -0.4 is 10.6 Å². The van der Waals surface area contributed by atoms with Crippen LogP contribution >= 0.6 is 11.3 Å². The molecule has 3 aromatic rings.